The van der Waals surface area contributed by atoms with Crippen LogP contribution in [0.5, 0.6) is 0 Å². The fourth-order valence-electron chi connectivity index (χ4n) is 4.71. The molecule has 4 rings (SSSR count). The van der Waals surface area contributed by atoms with E-state index < -0.39 is 0 Å². The van der Waals surface area contributed by atoms with Gasteiger partial charge in [0.15, 0.2) is 6.19 Å². The van der Waals surface area contributed by atoms with Gasteiger partial charge in [0.25, 0.3) is 0 Å². The summed E-state index contributed by atoms with van der Waals surface area (Å²) in [5.74, 6) is 0.144. The minimum atomic E-state index is 0.00829. The van der Waals surface area contributed by atoms with Crippen molar-refractivity contribution in [2.24, 2.45) is 5.92 Å². The standard InChI is InChI=1S/C19H23ClN4O/c1-12-6-14(20)8-16(7-12)23-5-4-13(10-23)19(25)22-17-9-15-2-3-18(17)24(15)11-21/h6-8,13,15,17-18H,2-5,9-10H2,1H3,(H,22,25)/t13-,15-,17+,18+/m0/s1. The highest BCUT2D eigenvalue weighted by molar-refractivity contribution is 6.30. The van der Waals surface area contributed by atoms with Crippen LogP contribution in [0.1, 0.15) is 31.2 Å². The van der Waals surface area contributed by atoms with Gasteiger partial charge in [-0.05, 0) is 56.4 Å². The summed E-state index contributed by atoms with van der Waals surface area (Å²) in [5.41, 5.74) is 2.23. The van der Waals surface area contributed by atoms with E-state index in [1.807, 2.05) is 24.0 Å². The van der Waals surface area contributed by atoms with Crippen LogP contribution in [0, 0.1) is 24.3 Å². The molecule has 1 amide bonds. The van der Waals surface area contributed by atoms with Crippen molar-refractivity contribution in [3.8, 4) is 6.19 Å². The first-order valence-corrected chi connectivity index (χ1v) is 9.43. The number of aryl methyl sites for hydroxylation is 1. The van der Waals surface area contributed by atoms with Crippen molar-refractivity contribution in [3.05, 3.63) is 28.8 Å². The van der Waals surface area contributed by atoms with Crippen LogP contribution in [0.2, 0.25) is 5.02 Å². The Morgan fingerprint density at radius 3 is 2.88 bits per heavy atom. The van der Waals surface area contributed by atoms with Crippen LogP contribution in [0.25, 0.3) is 0 Å². The van der Waals surface area contributed by atoms with Crippen LogP contribution < -0.4 is 10.2 Å². The maximum atomic E-state index is 12.7. The third kappa shape index (κ3) is 3.04. The zero-order chi connectivity index (χ0) is 17.6. The molecule has 0 unspecified atom stereocenters. The van der Waals surface area contributed by atoms with Gasteiger partial charge in [0.1, 0.15) is 0 Å². The Balaban J connectivity index is 1.37. The zero-order valence-electron chi connectivity index (χ0n) is 14.4. The monoisotopic (exact) mass is 358 g/mol. The van der Waals surface area contributed by atoms with Gasteiger partial charge < -0.3 is 15.1 Å². The van der Waals surface area contributed by atoms with Crippen LogP contribution in [0.3, 0.4) is 0 Å². The van der Waals surface area contributed by atoms with E-state index in [1.54, 1.807) is 0 Å². The van der Waals surface area contributed by atoms with Crippen LogP contribution in [0.15, 0.2) is 18.2 Å². The first kappa shape index (κ1) is 16.5. The average Bonchev–Trinajstić information content (AvgIpc) is 3.27. The molecular weight excluding hydrogens is 336 g/mol. The average molecular weight is 359 g/mol. The van der Waals surface area contributed by atoms with Crippen LogP contribution in [-0.4, -0.2) is 42.0 Å². The minimum Gasteiger partial charge on any atom is -0.371 e. The summed E-state index contributed by atoms with van der Waals surface area (Å²) in [6, 6.07) is 6.69. The number of hydrogen-bond acceptors (Lipinski definition) is 4. The third-order valence-corrected chi connectivity index (χ3v) is 6.15. The van der Waals surface area contributed by atoms with Crippen molar-refractivity contribution in [1.82, 2.24) is 10.2 Å². The van der Waals surface area contributed by atoms with E-state index in [0.29, 0.717) is 6.04 Å². The Morgan fingerprint density at radius 1 is 1.32 bits per heavy atom. The van der Waals surface area contributed by atoms with Crippen LogP contribution in [0.4, 0.5) is 5.69 Å². The van der Waals surface area contributed by atoms with E-state index >= 15 is 0 Å². The molecule has 25 heavy (non-hydrogen) atoms. The zero-order valence-corrected chi connectivity index (χ0v) is 15.2. The number of nitrogens with zero attached hydrogens (tertiary/aromatic N) is 3. The molecule has 3 aliphatic rings. The lowest BCUT2D eigenvalue weighted by Crippen LogP contribution is -2.46. The third-order valence-electron chi connectivity index (χ3n) is 5.93. The number of rotatable bonds is 3. The number of nitriles is 1. The van der Waals surface area contributed by atoms with Gasteiger partial charge in [0.2, 0.25) is 5.91 Å². The summed E-state index contributed by atoms with van der Waals surface area (Å²) in [4.78, 5) is 16.8. The second-order valence-electron chi connectivity index (χ2n) is 7.57. The normalized spacial score (nSPS) is 30.6. The van der Waals surface area contributed by atoms with Gasteiger partial charge in [-0.15, -0.1) is 0 Å². The van der Waals surface area contributed by atoms with Crippen molar-refractivity contribution < 1.29 is 4.79 Å². The fourth-order valence-corrected chi connectivity index (χ4v) is 4.99. The van der Waals surface area contributed by atoms with Gasteiger partial charge >= 0.3 is 0 Å². The first-order chi connectivity index (χ1) is 12.0. The second-order valence-corrected chi connectivity index (χ2v) is 8.01. The van der Waals surface area contributed by atoms with Crippen LogP contribution >= 0.6 is 11.6 Å². The molecule has 3 fully saturated rings. The number of hydrogen-bond donors (Lipinski definition) is 1. The highest BCUT2D eigenvalue weighted by Crippen LogP contribution is 2.37. The topological polar surface area (TPSA) is 59.4 Å². The van der Waals surface area contributed by atoms with E-state index in [-0.39, 0.29) is 23.9 Å². The maximum Gasteiger partial charge on any atom is 0.225 e. The van der Waals surface area contributed by atoms with E-state index in [4.69, 9.17) is 11.6 Å². The molecule has 1 aromatic rings. The molecule has 0 aromatic heterocycles. The maximum absolute atomic E-state index is 12.7. The molecule has 2 bridgehead atoms. The summed E-state index contributed by atoms with van der Waals surface area (Å²) in [5, 5.41) is 13.2. The lowest BCUT2D eigenvalue weighted by Gasteiger charge is -2.24. The highest BCUT2D eigenvalue weighted by Gasteiger charge is 2.47. The van der Waals surface area contributed by atoms with Crippen molar-refractivity contribution in [2.75, 3.05) is 18.0 Å². The smallest absolute Gasteiger partial charge is 0.225 e. The lowest BCUT2D eigenvalue weighted by molar-refractivity contribution is -0.125. The Hall–Kier alpha value is -1.93. The second kappa shape index (κ2) is 6.42. The predicted molar refractivity (Wildman–Crippen MR) is 97.3 cm³/mol. The number of carbonyl (C=O) groups is 1. The molecule has 1 aromatic carbocycles. The summed E-state index contributed by atoms with van der Waals surface area (Å²) >= 11 is 6.17. The molecule has 3 heterocycles. The molecule has 1 N–H and O–H groups in total. The van der Waals surface area contributed by atoms with Crippen molar-refractivity contribution in [2.45, 2.75) is 50.7 Å². The Labute approximate surface area is 153 Å². The van der Waals surface area contributed by atoms with Crippen LogP contribution in [-0.2, 0) is 4.79 Å². The van der Waals surface area contributed by atoms with E-state index in [1.165, 1.54) is 0 Å². The summed E-state index contributed by atoms with van der Waals surface area (Å²) in [7, 11) is 0. The molecule has 3 aliphatic heterocycles. The number of amides is 1. The fraction of sp³-hybridized carbons (Fsp3) is 0.579. The molecule has 0 radical (unpaired) electrons. The van der Waals surface area contributed by atoms with E-state index in [9.17, 15) is 10.1 Å². The number of halogens is 1. The predicted octanol–water partition coefficient (Wildman–Crippen LogP) is 2.68. The van der Waals surface area contributed by atoms with Gasteiger partial charge in [0.05, 0.1) is 18.0 Å². The van der Waals surface area contributed by atoms with Crippen molar-refractivity contribution in [1.29, 1.82) is 5.26 Å². The summed E-state index contributed by atoms with van der Waals surface area (Å²) in [6.07, 6.45) is 6.17. The molecule has 0 saturated carbocycles. The van der Waals surface area contributed by atoms with Crippen molar-refractivity contribution in [3.63, 3.8) is 0 Å². The Morgan fingerprint density at radius 2 is 2.16 bits per heavy atom. The van der Waals surface area contributed by atoms with Gasteiger partial charge in [-0.1, -0.05) is 11.6 Å². The lowest BCUT2D eigenvalue weighted by atomic mass is 9.95. The number of benzene rings is 1. The largest absolute Gasteiger partial charge is 0.371 e. The van der Waals surface area contributed by atoms with Gasteiger partial charge in [-0.25, -0.2) is 0 Å². The van der Waals surface area contributed by atoms with Gasteiger partial charge in [-0.3, -0.25) is 4.79 Å². The van der Waals surface area contributed by atoms with Gasteiger partial charge in [-0.2, -0.15) is 5.26 Å². The molecule has 132 valence electrons. The number of fused-ring (bicyclic) bond motifs is 2. The molecule has 4 atom stereocenters. The molecule has 3 saturated heterocycles. The summed E-state index contributed by atoms with van der Waals surface area (Å²) in [6.45, 7) is 3.64. The van der Waals surface area contributed by atoms with Crippen molar-refractivity contribution >= 4 is 23.2 Å². The molecule has 6 heteroatoms. The van der Waals surface area contributed by atoms with E-state index in [2.05, 4.69) is 22.5 Å². The van der Waals surface area contributed by atoms with Gasteiger partial charge in [0, 0.05) is 29.8 Å². The number of nitrogens with one attached hydrogen (secondary N) is 1. The van der Waals surface area contributed by atoms with E-state index in [0.717, 1.165) is 55.0 Å². The molecular formula is C19H23ClN4O. The number of carbonyl (C=O) groups excluding carboxylic acids is 1. The Bertz CT molecular complexity index is 710. The first-order valence-electron chi connectivity index (χ1n) is 9.06. The highest BCUT2D eigenvalue weighted by atomic mass is 35.5. The minimum absolute atomic E-state index is 0.00829. The molecule has 0 spiro atoms. The quantitative estimate of drug-likeness (QED) is 0.844. The molecule has 0 aliphatic carbocycles. The summed E-state index contributed by atoms with van der Waals surface area (Å²) < 4.78 is 0. The SMILES string of the molecule is Cc1cc(Cl)cc(N2CC[C@H](C(=O)N[C@@H]3C[C@@H]4CC[C@H]3N4C#N)C2)c1. The number of anilines is 1. The molecule has 5 nitrogen and oxygen atoms in total. The Kier molecular flexibility index (Phi) is 4.24.